The Morgan fingerprint density at radius 2 is 2.07 bits per heavy atom. The van der Waals surface area contributed by atoms with Crippen molar-refractivity contribution in [3.8, 4) is 5.75 Å². The molecule has 0 spiro atoms. The van der Waals surface area contributed by atoms with Crippen molar-refractivity contribution < 1.29 is 14.3 Å². The zero-order valence-corrected chi connectivity index (χ0v) is 17.6. The molecule has 1 aliphatic carbocycles. The SMILES string of the molecule is COc1ccc(NC(=O)NC2(c3nc(C)cs3)CCCC2)cc1N1CCCC1=O. The van der Waals surface area contributed by atoms with E-state index in [1.807, 2.05) is 12.3 Å². The number of urea groups is 1. The second-order valence-corrected chi connectivity index (χ2v) is 8.56. The molecule has 1 aliphatic heterocycles. The molecule has 0 bridgehead atoms. The minimum absolute atomic E-state index is 0.0777. The average molecular weight is 415 g/mol. The van der Waals surface area contributed by atoms with Gasteiger partial charge in [-0.1, -0.05) is 12.8 Å². The van der Waals surface area contributed by atoms with Crippen molar-refractivity contribution in [1.82, 2.24) is 10.3 Å². The zero-order valence-electron chi connectivity index (χ0n) is 16.8. The lowest BCUT2D eigenvalue weighted by atomic mass is 9.99. The number of methoxy groups -OCH3 is 1. The summed E-state index contributed by atoms with van der Waals surface area (Å²) in [7, 11) is 1.58. The normalized spacial score (nSPS) is 18.1. The summed E-state index contributed by atoms with van der Waals surface area (Å²) in [6.45, 7) is 2.64. The Bertz CT molecular complexity index is 920. The summed E-state index contributed by atoms with van der Waals surface area (Å²) < 4.78 is 5.42. The molecular formula is C21H26N4O3S. The third-order valence-corrected chi connectivity index (χ3v) is 6.80. The molecule has 2 aliphatic rings. The number of benzene rings is 1. The number of carbonyl (C=O) groups is 2. The average Bonchev–Trinajstić information content (AvgIpc) is 3.43. The maximum Gasteiger partial charge on any atom is 0.320 e. The van der Waals surface area contributed by atoms with Crippen LogP contribution >= 0.6 is 11.3 Å². The van der Waals surface area contributed by atoms with Crippen molar-refractivity contribution in [2.24, 2.45) is 0 Å². The van der Waals surface area contributed by atoms with E-state index in [9.17, 15) is 9.59 Å². The van der Waals surface area contributed by atoms with Gasteiger partial charge in [-0.05, 0) is 44.4 Å². The van der Waals surface area contributed by atoms with Gasteiger partial charge in [-0.2, -0.15) is 0 Å². The van der Waals surface area contributed by atoms with Crippen LogP contribution in [-0.2, 0) is 10.3 Å². The molecule has 29 heavy (non-hydrogen) atoms. The van der Waals surface area contributed by atoms with Gasteiger partial charge in [0.15, 0.2) is 0 Å². The summed E-state index contributed by atoms with van der Waals surface area (Å²) in [4.78, 5) is 31.4. The van der Waals surface area contributed by atoms with Crippen LogP contribution in [0.15, 0.2) is 23.6 Å². The van der Waals surface area contributed by atoms with E-state index in [0.29, 0.717) is 30.1 Å². The Hall–Kier alpha value is -2.61. The van der Waals surface area contributed by atoms with Crippen LogP contribution in [0.25, 0.3) is 0 Å². The molecule has 154 valence electrons. The Labute approximate surface area is 174 Å². The van der Waals surface area contributed by atoms with E-state index < -0.39 is 5.54 Å². The monoisotopic (exact) mass is 414 g/mol. The summed E-state index contributed by atoms with van der Waals surface area (Å²) in [5, 5.41) is 9.11. The second-order valence-electron chi connectivity index (χ2n) is 7.70. The maximum atomic E-state index is 12.8. The van der Waals surface area contributed by atoms with E-state index in [4.69, 9.17) is 4.74 Å². The molecule has 7 nitrogen and oxygen atoms in total. The first kappa shape index (κ1) is 19.7. The molecule has 8 heteroatoms. The number of carbonyl (C=O) groups excluding carboxylic acids is 2. The third kappa shape index (κ3) is 3.94. The lowest BCUT2D eigenvalue weighted by Crippen LogP contribution is -2.45. The second kappa shape index (κ2) is 8.02. The lowest BCUT2D eigenvalue weighted by Gasteiger charge is -2.28. The van der Waals surface area contributed by atoms with E-state index in [0.717, 1.165) is 42.8 Å². The Balaban J connectivity index is 1.53. The Morgan fingerprint density at radius 3 is 2.69 bits per heavy atom. The quantitative estimate of drug-likeness (QED) is 0.769. The van der Waals surface area contributed by atoms with Crippen molar-refractivity contribution in [1.29, 1.82) is 0 Å². The van der Waals surface area contributed by atoms with Gasteiger partial charge in [-0.15, -0.1) is 11.3 Å². The first-order valence-corrected chi connectivity index (χ1v) is 10.9. The van der Waals surface area contributed by atoms with Crippen molar-refractivity contribution in [2.75, 3.05) is 23.9 Å². The minimum Gasteiger partial charge on any atom is -0.495 e. The van der Waals surface area contributed by atoms with Gasteiger partial charge in [0.05, 0.1) is 18.3 Å². The maximum absolute atomic E-state index is 12.8. The molecule has 1 saturated carbocycles. The van der Waals surface area contributed by atoms with Crippen LogP contribution in [0.3, 0.4) is 0 Å². The number of aromatic nitrogens is 1. The molecule has 1 aromatic carbocycles. The first-order chi connectivity index (χ1) is 14.0. The summed E-state index contributed by atoms with van der Waals surface area (Å²) >= 11 is 1.60. The standard InChI is InChI=1S/C21H26N4O3S/c1-14-13-29-19(22-14)21(9-3-4-10-21)24-20(27)23-15-7-8-17(28-2)16(12-15)25-11-5-6-18(25)26/h7-8,12-13H,3-6,9-11H2,1-2H3,(H2,23,24,27). The topological polar surface area (TPSA) is 83.6 Å². The van der Waals surface area contributed by atoms with Crippen molar-refractivity contribution in [3.63, 3.8) is 0 Å². The molecule has 4 rings (SSSR count). The van der Waals surface area contributed by atoms with E-state index in [1.165, 1.54) is 0 Å². The molecule has 2 fully saturated rings. The van der Waals surface area contributed by atoms with Gasteiger partial charge in [0.2, 0.25) is 5.91 Å². The number of aryl methyl sites for hydroxylation is 1. The van der Waals surface area contributed by atoms with Gasteiger partial charge < -0.3 is 20.3 Å². The molecule has 2 heterocycles. The molecule has 2 aromatic rings. The van der Waals surface area contributed by atoms with Gasteiger partial charge in [0, 0.05) is 29.7 Å². The fourth-order valence-electron chi connectivity index (χ4n) is 4.21. The third-order valence-electron chi connectivity index (χ3n) is 5.64. The zero-order chi connectivity index (χ0) is 20.4. The van der Waals surface area contributed by atoms with Crippen LogP contribution in [0, 0.1) is 6.92 Å². The number of hydrogen-bond acceptors (Lipinski definition) is 5. The van der Waals surface area contributed by atoms with E-state index >= 15 is 0 Å². The fourth-order valence-corrected chi connectivity index (χ4v) is 5.22. The lowest BCUT2D eigenvalue weighted by molar-refractivity contribution is -0.117. The van der Waals surface area contributed by atoms with Crippen molar-refractivity contribution in [2.45, 2.75) is 51.0 Å². The number of rotatable bonds is 5. The molecule has 1 saturated heterocycles. The highest BCUT2D eigenvalue weighted by molar-refractivity contribution is 7.09. The van der Waals surface area contributed by atoms with Gasteiger partial charge in [0.1, 0.15) is 10.8 Å². The van der Waals surface area contributed by atoms with Crippen LogP contribution in [0.4, 0.5) is 16.2 Å². The van der Waals surface area contributed by atoms with Crippen LogP contribution in [0.1, 0.15) is 49.2 Å². The summed E-state index contributed by atoms with van der Waals surface area (Å²) in [5.74, 6) is 0.700. The molecular weight excluding hydrogens is 388 g/mol. The number of nitrogens with one attached hydrogen (secondary N) is 2. The van der Waals surface area contributed by atoms with Gasteiger partial charge in [0.25, 0.3) is 0 Å². The molecule has 1 aromatic heterocycles. The Kier molecular flexibility index (Phi) is 5.45. The number of ether oxygens (including phenoxy) is 1. The Morgan fingerprint density at radius 1 is 1.28 bits per heavy atom. The van der Waals surface area contributed by atoms with Crippen molar-refractivity contribution in [3.05, 3.63) is 34.3 Å². The molecule has 0 unspecified atom stereocenters. The van der Waals surface area contributed by atoms with Crippen LogP contribution in [0.2, 0.25) is 0 Å². The van der Waals surface area contributed by atoms with Crippen molar-refractivity contribution >= 4 is 34.6 Å². The highest BCUT2D eigenvalue weighted by Crippen LogP contribution is 2.40. The molecule has 2 N–H and O–H groups in total. The van der Waals surface area contributed by atoms with Crippen LogP contribution < -0.4 is 20.3 Å². The number of anilines is 2. The number of thiazole rings is 1. The minimum atomic E-state index is -0.400. The first-order valence-electron chi connectivity index (χ1n) is 10.0. The highest BCUT2D eigenvalue weighted by atomic mass is 32.1. The summed E-state index contributed by atoms with van der Waals surface area (Å²) in [6.07, 6.45) is 5.30. The highest BCUT2D eigenvalue weighted by Gasteiger charge is 2.39. The predicted molar refractivity (Wildman–Crippen MR) is 114 cm³/mol. The number of hydrogen-bond donors (Lipinski definition) is 2. The number of amides is 3. The smallest absolute Gasteiger partial charge is 0.320 e. The van der Waals surface area contributed by atoms with Crippen LogP contribution in [0.5, 0.6) is 5.75 Å². The van der Waals surface area contributed by atoms with E-state index in [1.54, 1.807) is 41.5 Å². The van der Waals surface area contributed by atoms with E-state index in [2.05, 4.69) is 15.6 Å². The van der Waals surface area contributed by atoms with Gasteiger partial charge >= 0.3 is 6.03 Å². The summed E-state index contributed by atoms with van der Waals surface area (Å²) in [5.41, 5.74) is 1.90. The fraction of sp³-hybridized carbons (Fsp3) is 0.476. The number of nitrogens with zero attached hydrogens (tertiary/aromatic N) is 2. The molecule has 0 radical (unpaired) electrons. The van der Waals surface area contributed by atoms with Gasteiger partial charge in [-0.25, -0.2) is 9.78 Å². The van der Waals surface area contributed by atoms with E-state index in [-0.39, 0.29) is 11.9 Å². The predicted octanol–water partition coefficient (Wildman–Crippen LogP) is 4.18. The summed E-state index contributed by atoms with van der Waals surface area (Å²) in [6, 6.07) is 5.11. The van der Waals surface area contributed by atoms with Gasteiger partial charge in [-0.3, -0.25) is 4.79 Å². The molecule has 0 atom stereocenters. The largest absolute Gasteiger partial charge is 0.495 e. The van der Waals surface area contributed by atoms with Crippen LogP contribution in [-0.4, -0.2) is 30.6 Å². The molecule has 3 amide bonds.